The quantitative estimate of drug-likeness (QED) is 0.828. The average molecular weight is 216 g/mol. The van der Waals surface area contributed by atoms with Crippen LogP contribution in [0.25, 0.3) is 0 Å². The predicted octanol–water partition coefficient (Wildman–Crippen LogP) is 2.61. The van der Waals surface area contributed by atoms with Gasteiger partial charge < -0.3 is 5.11 Å². The van der Waals surface area contributed by atoms with E-state index in [-0.39, 0.29) is 0 Å². The van der Waals surface area contributed by atoms with Crippen molar-refractivity contribution in [1.82, 2.24) is 10.2 Å². The van der Waals surface area contributed by atoms with Crippen molar-refractivity contribution >= 4 is 0 Å². The normalized spacial score (nSPS) is 13.0. The maximum Gasteiger partial charge on any atom is 0.107 e. The summed E-state index contributed by atoms with van der Waals surface area (Å²) in [4.78, 5) is 0. The van der Waals surface area contributed by atoms with Crippen LogP contribution >= 0.6 is 0 Å². The number of nitrogens with zero attached hydrogens (tertiary/aromatic N) is 1. The highest BCUT2D eigenvalue weighted by Crippen LogP contribution is 2.23. The van der Waals surface area contributed by atoms with Crippen molar-refractivity contribution in [1.29, 1.82) is 0 Å². The van der Waals surface area contributed by atoms with Crippen molar-refractivity contribution in [3.63, 3.8) is 0 Å². The van der Waals surface area contributed by atoms with Gasteiger partial charge in [-0.2, -0.15) is 5.10 Å². The lowest BCUT2D eigenvalue weighted by Gasteiger charge is -2.11. The van der Waals surface area contributed by atoms with Crippen molar-refractivity contribution in [2.24, 2.45) is 0 Å². The molecule has 0 spiro atoms. The largest absolute Gasteiger partial charge is 0.384 e. The van der Waals surface area contributed by atoms with Gasteiger partial charge in [-0.25, -0.2) is 0 Å². The number of aromatic amines is 1. The molecule has 2 aromatic rings. The van der Waals surface area contributed by atoms with Crippen molar-refractivity contribution < 1.29 is 5.11 Å². The van der Waals surface area contributed by atoms with Gasteiger partial charge in [-0.05, 0) is 17.0 Å². The second kappa shape index (κ2) is 4.49. The van der Waals surface area contributed by atoms with Gasteiger partial charge >= 0.3 is 0 Å². The Hall–Kier alpha value is -1.61. The first-order valence-electron chi connectivity index (χ1n) is 5.45. The first-order chi connectivity index (χ1) is 7.68. The third kappa shape index (κ3) is 2.14. The number of hydrogen-bond donors (Lipinski definition) is 2. The van der Waals surface area contributed by atoms with Crippen LogP contribution in [0.4, 0.5) is 0 Å². The van der Waals surface area contributed by atoms with Gasteiger partial charge in [0.15, 0.2) is 0 Å². The van der Waals surface area contributed by atoms with E-state index < -0.39 is 6.10 Å². The molecule has 16 heavy (non-hydrogen) atoms. The van der Waals surface area contributed by atoms with Crippen LogP contribution < -0.4 is 0 Å². The molecule has 0 amide bonds. The number of H-pyrrole nitrogens is 1. The van der Waals surface area contributed by atoms with Crippen LogP contribution in [0, 0.1) is 0 Å². The molecule has 2 rings (SSSR count). The van der Waals surface area contributed by atoms with Gasteiger partial charge in [0.2, 0.25) is 0 Å². The van der Waals surface area contributed by atoms with E-state index >= 15 is 0 Å². The molecule has 1 heterocycles. The second-order valence-electron chi connectivity index (χ2n) is 4.26. The van der Waals surface area contributed by atoms with Gasteiger partial charge in [0.25, 0.3) is 0 Å². The summed E-state index contributed by atoms with van der Waals surface area (Å²) in [5.74, 6) is 0.514. The molecule has 0 fully saturated rings. The van der Waals surface area contributed by atoms with Crippen LogP contribution in [-0.2, 0) is 0 Å². The highest BCUT2D eigenvalue weighted by molar-refractivity contribution is 5.30. The third-order valence-corrected chi connectivity index (χ3v) is 2.75. The SMILES string of the molecule is CC(C)c1ccc(C(O)c2cn[nH]c2)cc1. The Labute approximate surface area is 95.1 Å². The number of nitrogens with one attached hydrogen (secondary N) is 1. The van der Waals surface area contributed by atoms with E-state index in [4.69, 9.17) is 0 Å². The number of aliphatic hydroxyl groups is 1. The molecule has 0 bridgehead atoms. The minimum Gasteiger partial charge on any atom is -0.384 e. The highest BCUT2D eigenvalue weighted by Gasteiger charge is 2.11. The lowest BCUT2D eigenvalue weighted by molar-refractivity contribution is 0.220. The van der Waals surface area contributed by atoms with Crippen LogP contribution in [0.1, 0.15) is 42.6 Å². The fourth-order valence-electron chi connectivity index (χ4n) is 1.67. The van der Waals surface area contributed by atoms with Crippen LogP contribution in [0.15, 0.2) is 36.7 Å². The maximum atomic E-state index is 10.1. The smallest absolute Gasteiger partial charge is 0.107 e. The van der Waals surface area contributed by atoms with Crippen LogP contribution in [0.5, 0.6) is 0 Å². The number of hydrogen-bond acceptors (Lipinski definition) is 2. The highest BCUT2D eigenvalue weighted by atomic mass is 16.3. The molecule has 1 unspecified atom stereocenters. The number of aliphatic hydroxyl groups excluding tert-OH is 1. The molecule has 1 aromatic heterocycles. The van der Waals surface area contributed by atoms with Gasteiger partial charge in [-0.3, -0.25) is 5.10 Å². The number of rotatable bonds is 3. The number of benzene rings is 1. The van der Waals surface area contributed by atoms with Crippen LogP contribution in [0.3, 0.4) is 0 Å². The fourth-order valence-corrected chi connectivity index (χ4v) is 1.67. The molecule has 3 nitrogen and oxygen atoms in total. The monoisotopic (exact) mass is 216 g/mol. The summed E-state index contributed by atoms with van der Waals surface area (Å²) < 4.78 is 0. The standard InChI is InChI=1S/C13H16N2O/c1-9(2)10-3-5-11(6-4-10)13(16)12-7-14-15-8-12/h3-9,13,16H,1-2H3,(H,14,15). The minimum absolute atomic E-state index is 0.514. The zero-order chi connectivity index (χ0) is 11.5. The third-order valence-electron chi connectivity index (χ3n) is 2.75. The molecule has 0 radical (unpaired) electrons. The van der Waals surface area contributed by atoms with Crippen molar-refractivity contribution in [2.45, 2.75) is 25.9 Å². The van der Waals surface area contributed by atoms with Gasteiger partial charge in [0.1, 0.15) is 6.10 Å². The summed E-state index contributed by atoms with van der Waals surface area (Å²) in [5, 5.41) is 16.6. The summed E-state index contributed by atoms with van der Waals surface area (Å²) >= 11 is 0. The van der Waals surface area contributed by atoms with E-state index in [0.717, 1.165) is 11.1 Å². The minimum atomic E-state index is -0.597. The molecule has 0 aliphatic rings. The van der Waals surface area contributed by atoms with E-state index in [1.807, 2.05) is 12.1 Å². The molecule has 3 heteroatoms. The van der Waals surface area contributed by atoms with Crippen molar-refractivity contribution in [3.05, 3.63) is 53.3 Å². The van der Waals surface area contributed by atoms with Gasteiger partial charge in [-0.15, -0.1) is 0 Å². The van der Waals surface area contributed by atoms with Crippen molar-refractivity contribution in [3.8, 4) is 0 Å². The summed E-state index contributed by atoms with van der Waals surface area (Å²) in [5.41, 5.74) is 2.96. The maximum absolute atomic E-state index is 10.1. The lowest BCUT2D eigenvalue weighted by Crippen LogP contribution is -1.98. The Kier molecular flexibility index (Phi) is 3.06. The molecule has 2 N–H and O–H groups in total. The Balaban J connectivity index is 2.22. The van der Waals surface area contributed by atoms with Crippen molar-refractivity contribution in [2.75, 3.05) is 0 Å². The molecule has 1 aromatic carbocycles. The van der Waals surface area contributed by atoms with E-state index in [9.17, 15) is 5.11 Å². The predicted molar refractivity (Wildman–Crippen MR) is 63.2 cm³/mol. The van der Waals surface area contributed by atoms with Gasteiger partial charge in [0.05, 0.1) is 6.20 Å². The molecule has 84 valence electrons. The first kappa shape index (κ1) is 10.9. The zero-order valence-electron chi connectivity index (χ0n) is 9.51. The van der Waals surface area contributed by atoms with Gasteiger partial charge in [0, 0.05) is 11.8 Å². The molecule has 0 aliphatic heterocycles. The lowest BCUT2D eigenvalue weighted by atomic mass is 9.98. The molecule has 0 saturated carbocycles. The molecule has 1 atom stereocenters. The second-order valence-corrected chi connectivity index (χ2v) is 4.26. The molecule has 0 aliphatic carbocycles. The van der Waals surface area contributed by atoms with Crippen LogP contribution in [0.2, 0.25) is 0 Å². The summed E-state index contributed by atoms with van der Waals surface area (Å²) in [6, 6.07) is 8.05. The molecule has 0 saturated heterocycles. The Morgan fingerprint density at radius 1 is 1.06 bits per heavy atom. The first-order valence-corrected chi connectivity index (χ1v) is 5.45. The summed E-state index contributed by atoms with van der Waals surface area (Å²) in [6.45, 7) is 4.31. The topological polar surface area (TPSA) is 48.9 Å². The van der Waals surface area contributed by atoms with Crippen LogP contribution in [-0.4, -0.2) is 15.3 Å². The Morgan fingerprint density at radius 2 is 1.69 bits per heavy atom. The average Bonchev–Trinajstić information content (AvgIpc) is 2.81. The summed E-state index contributed by atoms with van der Waals surface area (Å²) in [6.07, 6.45) is 2.75. The number of aromatic nitrogens is 2. The zero-order valence-corrected chi connectivity index (χ0v) is 9.51. The Morgan fingerprint density at radius 3 is 2.19 bits per heavy atom. The van der Waals surface area contributed by atoms with E-state index in [2.05, 4.69) is 36.2 Å². The molecular weight excluding hydrogens is 200 g/mol. The van der Waals surface area contributed by atoms with E-state index in [1.54, 1.807) is 12.4 Å². The Bertz CT molecular complexity index is 431. The fraction of sp³-hybridized carbons (Fsp3) is 0.308. The molecular formula is C13H16N2O. The summed E-state index contributed by atoms with van der Waals surface area (Å²) in [7, 11) is 0. The van der Waals surface area contributed by atoms with E-state index in [1.165, 1.54) is 5.56 Å². The van der Waals surface area contributed by atoms with Gasteiger partial charge in [-0.1, -0.05) is 38.1 Å². The van der Waals surface area contributed by atoms with E-state index in [0.29, 0.717) is 5.92 Å².